The van der Waals surface area contributed by atoms with Crippen LogP contribution in [0.15, 0.2) is 41.7 Å². The molecule has 23 heavy (non-hydrogen) atoms. The predicted molar refractivity (Wildman–Crippen MR) is 86.6 cm³/mol. The number of para-hydroxylation sites is 1. The molecule has 1 atom stereocenters. The van der Waals surface area contributed by atoms with Gasteiger partial charge in [0.15, 0.2) is 0 Å². The quantitative estimate of drug-likeness (QED) is 0.789. The average molecular weight is 313 g/mol. The molecule has 0 amide bonds. The summed E-state index contributed by atoms with van der Waals surface area (Å²) in [5, 5.41) is 20.0. The van der Waals surface area contributed by atoms with E-state index in [2.05, 4.69) is 15.5 Å². The van der Waals surface area contributed by atoms with Crippen molar-refractivity contribution < 1.29 is 14.6 Å². The zero-order valence-electron chi connectivity index (χ0n) is 13.1. The van der Waals surface area contributed by atoms with E-state index in [0.717, 1.165) is 23.4 Å². The second-order valence-corrected chi connectivity index (χ2v) is 5.45. The van der Waals surface area contributed by atoms with Gasteiger partial charge in [-0.2, -0.15) is 5.10 Å². The molecule has 0 aliphatic carbocycles. The largest absolute Gasteiger partial charge is 0.496 e. The van der Waals surface area contributed by atoms with Gasteiger partial charge >= 0.3 is 5.97 Å². The van der Waals surface area contributed by atoms with Crippen LogP contribution in [-0.2, 0) is 4.79 Å². The Bertz CT molecular complexity index is 764. The van der Waals surface area contributed by atoms with Gasteiger partial charge in [-0.25, -0.2) is 4.79 Å². The number of H-pyrrole nitrogens is 1. The number of carboxylic acids is 1. The van der Waals surface area contributed by atoms with Crippen molar-refractivity contribution in [3.05, 3.63) is 52.9 Å². The Morgan fingerprint density at radius 3 is 2.83 bits per heavy atom. The summed E-state index contributed by atoms with van der Waals surface area (Å²) < 4.78 is 5.45. The summed E-state index contributed by atoms with van der Waals surface area (Å²) in [4.78, 5) is 12.0. The van der Waals surface area contributed by atoms with E-state index in [9.17, 15) is 9.90 Å². The lowest BCUT2D eigenvalue weighted by Crippen LogP contribution is -2.23. The fourth-order valence-electron chi connectivity index (χ4n) is 3.09. The zero-order valence-corrected chi connectivity index (χ0v) is 13.1. The third-order valence-corrected chi connectivity index (χ3v) is 4.05. The number of rotatable bonds is 5. The summed E-state index contributed by atoms with van der Waals surface area (Å²) in [7, 11) is 1.59. The van der Waals surface area contributed by atoms with Gasteiger partial charge in [0.2, 0.25) is 0 Å². The number of carbonyl (C=O) groups is 1. The van der Waals surface area contributed by atoms with Crippen LogP contribution in [0.5, 0.6) is 5.75 Å². The fourth-order valence-corrected chi connectivity index (χ4v) is 3.09. The lowest BCUT2D eigenvalue weighted by atomic mass is 9.81. The molecule has 6 nitrogen and oxygen atoms in total. The fraction of sp³-hybridized carbons (Fsp3) is 0.294. The number of hydrogen-bond acceptors (Lipinski definition) is 4. The number of aromatic amines is 1. The van der Waals surface area contributed by atoms with E-state index in [1.807, 2.05) is 31.2 Å². The summed E-state index contributed by atoms with van der Waals surface area (Å²) in [5.41, 5.74) is 2.70. The minimum atomic E-state index is -0.927. The minimum Gasteiger partial charge on any atom is -0.496 e. The number of benzene rings is 1. The highest BCUT2D eigenvalue weighted by Gasteiger charge is 2.35. The number of nitrogens with one attached hydrogen (secondary N) is 2. The number of hydrogen-bond donors (Lipinski definition) is 3. The minimum absolute atomic E-state index is 0.352. The number of methoxy groups -OCH3 is 1. The topological polar surface area (TPSA) is 87.2 Å². The monoisotopic (exact) mass is 313 g/mol. The third kappa shape index (κ3) is 2.56. The number of carboxylic acid groups (broad SMARTS) is 1. The van der Waals surface area contributed by atoms with Gasteiger partial charge in [0.1, 0.15) is 11.6 Å². The van der Waals surface area contributed by atoms with Crippen molar-refractivity contribution in [2.45, 2.75) is 25.7 Å². The summed E-state index contributed by atoms with van der Waals surface area (Å²) in [6, 6.07) is 7.50. The van der Waals surface area contributed by atoms with Crippen LogP contribution < -0.4 is 10.1 Å². The normalized spacial score (nSPS) is 16.7. The Balaban J connectivity index is 2.23. The maximum atomic E-state index is 12.0. The van der Waals surface area contributed by atoms with Gasteiger partial charge in [-0.1, -0.05) is 31.5 Å². The van der Waals surface area contributed by atoms with Crippen molar-refractivity contribution in [2.24, 2.45) is 0 Å². The summed E-state index contributed by atoms with van der Waals surface area (Å²) in [5.74, 6) is 0.0689. The second kappa shape index (κ2) is 6.16. The smallest absolute Gasteiger partial charge is 0.334 e. The summed E-state index contributed by atoms with van der Waals surface area (Å²) in [6.45, 7) is 2.02. The molecule has 0 saturated heterocycles. The Morgan fingerprint density at radius 1 is 1.35 bits per heavy atom. The van der Waals surface area contributed by atoms with E-state index in [1.54, 1.807) is 13.3 Å². The maximum absolute atomic E-state index is 12.0. The van der Waals surface area contributed by atoms with Gasteiger partial charge in [0.25, 0.3) is 0 Å². The molecular weight excluding hydrogens is 294 g/mol. The Hall–Kier alpha value is -2.76. The average Bonchev–Trinajstić information content (AvgIpc) is 3.01. The second-order valence-electron chi connectivity index (χ2n) is 5.45. The molecule has 1 aliphatic rings. The van der Waals surface area contributed by atoms with Gasteiger partial charge < -0.3 is 15.2 Å². The number of anilines is 1. The molecule has 1 aromatic carbocycles. The molecule has 120 valence electrons. The molecular formula is C17H19N3O3. The molecule has 0 spiro atoms. The van der Waals surface area contributed by atoms with Gasteiger partial charge in [-0.3, -0.25) is 5.10 Å². The molecule has 2 heterocycles. The Kier molecular flexibility index (Phi) is 4.06. The van der Waals surface area contributed by atoms with Crippen molar-refractivity contribution in [2.75, 3.05) is 12.4 Å². The molecule has 0 saturated carbocycles. The molecule has 2 aromatic rings. The van der Waals surface area contributed by atoms with Gasteiger partial charge in [0, 0.05) is 16.8 Å². The van der Waals surface area contributed by atoms with E-state index in [-0.39, 0.29) is 0 Å². The molecule has 0 fully saturated rings. The van der Waals surface area contributed by atoms with Gasteiger partial charge in [0.05, 0.1) is 24.8 Å². The maximum Gasteiger partial charge on any atom is 0.334 e. The number of fused-ring (bicyclic) bond motifs is 1. The van der Waals surface area contributed by atoms with Crippen LogP contribution in [0.1, 0.15) is 36.8 Å². The van der Waals surface area contributed by atoms with Crippen LogP contribution in [0.2, 0.25) is 0 Å². The molecule has 3 N–H and O–H groups in total. The van der Waals surface area contributed by atoms with Crippen LogP contribution in [0.3, 0.4) is 0 Å². The molecule has 1 unspecified atom stereocenters. The van der Waals surface area contributed by atoms with Gasteiger partial charge in [-0.05, 0) is 12.5 Å². The van der Waals surface area contributed by atoms with Crippen LogP contribution in [0.4, 0.5) is 5.82 Å². The first-order valence-electron chi connectivity index (χ1n) is 7.56. The molecule has 0 radical (unpaired) electrons. The van der Waals surface area contributed by atoms with Crippen molar-refractivity contribution in [1.82, 2.24) is 10.2 Å². The van der Waals surface area contributed by atoms with Crippen molar-refractivity contribution in [1.29, 1.82) is 0 Å². The number of ether oxygens (including phenoxy) is 1. The number of allylic oxidation sites excluding steroid dienone is 1. The van der Waals surface area contributed by atoms with E-state index < -0.39 is 11.9 Å². The van der Waals surface area contributed by atoms with Crippen molar-refractivity contribution in [3.8, 4) is 5.75 Å². The van der Waals surface area contributed by atoms with Crippen LogP contribution >= 0.6 is 0 Å². The third-order valence-electron chi connectivity index (χ3n) is 4.05. The predicted octanol–water partition coefficient (Wildman–Crippen LogP) is 3.11. The van der Waals surface area contributed by atoms with Crippen LogP contribution in [-0.4, -0.2) is 28.4 Å². The summed E-state index contributed by atoms with van der Waals surface area (Å²) in [6.07, 6.45) is 3.18. The zero-order chi connectivity index (χ0) is 16.4. The summed E-state index contributed by atoms with van der Waals surface area (Å²) >= 11 is 0. The number of aliphatic carboxylic acids is 1. The standard InChI is InChI=1S/C17H19N3O3/c1-3-6-12-15(17(21)22)14(11-9-18-20-16(11)19-12)10-7-4-5-8-13(10)23-2/h4-5,7-9,14H,3,6H2,1-2H3,(H,21,22)(H2,18,19,20). The Labute approximate surface area is 134 Å². The molecule has 6 heteroatoms. The highest BCUT2D eigenvalue weighted by Crippen LogP contribution is 2.44. The van der Waals surface area contributed by atoms with E-state index in [1.165, 1.54) is 0 Å². The lowest BCUT2D eigenvalue weighted by Gasteiger charge is -2.28. The first-order valence-corrected chi connectivity index (χ1v) is 7.56. The van der Waals surface area contributed by atoms with E-state index >= 15 is 0 Å². The SMILES string of the molecule is CCCC1=C(C(=O)O)C(c2ccccc2OC)c2cn[nH]c2N1. The number of aromatic nitrogens is 2. The molecule has 1 aromatic heterocycles. The first kappa shape index (κ1) is 15.1. The van der Waals surface area contributed by atoms with Crippen molar-refractivity contribution in [3.63, 3.8) is 0 Å². The van der Waals surface area contributed by atoms with Gasteiger partial charge in [-0.15, -0.1) is 0 Å². The Morgan fingerprint density at radius 2 is 2.13 bits per heavy atom. The van der Waals surface area contributed by atoms with E-state index in [0.29, 0.717) is 23.4 Å². The molecule has 3 rings (SSSR count). The highest BCUT2D eigenvalue weighted by molar-refractivity contribution is 5.93. The van der Waals surface area contributed by atoms with Crippen LogP contribution in [0, 0.1) is 0 Å². The molecule has 0 bridgehead atoms. The lowest BCUT2D eigenvalue weighted by molar-refractivity contribution is -0.133. The van der Waals surface area contributed by atoms with E-state index in [4.69, 9.17) is 4.74 Å². The number of nitrogens with zero attached hydrogens (tertiary/aromatic N) is 1. The van der Waals surface area contributed by atoms with Crippen LogP contribution in [0.25, 0.3) is 0 Å². The highest BCUT2D eigenvalue weighted by atomic mass is 16.5. The van der Waals surface area contributed by atoms with Crippen molar-refractivity contribution >= 4 is 11.8 Å². The molecule has 1 aliphatic heterocycles. The first-order chi connectivity index (χ1) is 11.2.